The third-order valence-electron chi connectivity index (χ3n) is 5.70. The first-order chi connectivity index (χ1) is 15.9. The van der Waals surface area contributed by atoms with Crippen LogP contribution in [0.15, 0.2) is 57.7 Å². The molecule has 6 nitrogen and oxygen atoms in total. The number of ether oxygens (including phenoxy) is 3. The molecule has 1 N–H and O–H groups in total. The van der Waals surface area contributed by atoms with Gasteiger partial charge in [0.05, 0.1) is 35.6 Å². The first kappa shape index (κ1) is 23.1. The van der Waals surface area contributed by atoms with E-state index in [1.165, 1.54) is 0 Å². The number of rotatable bonds is 7. The molecule has 0 spiro atoms. The van der Waals surface area contributed by atoms with E-state index >= 15 is 0 Å². The van der Waals surface area contributed by atoms with Crippen molar-refractivity contribution >= 4 is 33.4 Å². The monoisotopic (exact) mass is 511 g/mol. The molecule has 0 amide bonds. The van der Waals surface area contributed by atoms with E-state index < -0.39 is 11.9 Å². The number of halogens is 1. The highest BCUT2D eigenvalue weighted by molar-refractivity contribution is 9.10. The van der Waals surface area contributed by atoms with Crippen molar-refractivity contribution in [2.24, 2.45) is 0 Å². The largest absolute Gasteiger partial charge is 0.490 e. The molecule has 0 unspecified atom stereocenters. The summed E-state index contributed by atoms with van der Waals surface area (Å²) in [6.45, 7) is 8.55. The summed E-state index contributed by atoms with van der Waals surface area (Å²) in [7, 11) is 0. The molecule has 33 heavy (non-hydrogen) atoms. The maximum absolute atomic E-state index is 13.6. The molecule has 1 heterocycles. The van der Waals surface area contributed by atoms with Crippen molar-refractivity contribution in [3.8, 4) is 11.5 Å². The predicted octanol–water partition coefficient (Wildman–Crippen LogP) is 5.38. The van der Waals surface area contributed by atoms with E-state index in [1.807, 2.05) is 57.2 Å². The van der Waals surface area contributed by atoms with Crippen molar-refractivity contribution in [1.82, 2.24) is 5.32 Å². The lowest BCUT2D eigenvalue weighted by molar-refractivity contribution is -0.138. The fourth-order valence-corrected chi connectivity index (χ4v) is 5.02. The van der Waals surface area contributed by atoms with Crippen LogP contribution in [0.5, 0.6) is 11.5 Å². The molecule has 2 aliphatic rings. The minimum absolute atomic E-state index is 0.102. The lowest BCUT2D eigenvalue weighted by Crippen LogP contribution is -2.29. The number of dihydropyridines is 1. The first-order valence-electron chi connectivity index (χ1n) is 11.0. The summed E-state index contributed by atoms with van der Waals surface area (Å²) in [5.41, 5.74) is 4.52. The third kappa shape index (κ3) is 3.95. The highest BCUT2D eigenvalue weighted by Gasteiger charge is 2.43. The van der Waals surface area contributed by atoms with E-state index in [0.717, 1.165) is 16.8 Å². The number of carbonyl (C=O) groups is 2. The number of benzene rings is 2. The second kappa shape index (κ2) is 9.43. The lowest BCUT2D eigenvalue weighted by Gasteiger charge is -2.30. The average molecular weight is 512 g/mol. The molecule has 0 saturated heterocycles. The molecular formula is C26H26BrNO5. The molecule has 1 atom stereocenters. The Morgan fingerprint density at radius 1 is 1.03 bits per heavy atom. The van der Waals surface area contributed by atoms with Gasteiger partial charge in [-0.25, -0.2) is 4.79 Å². The van der Waals surface area contributed by atoms with Crippen LogP contribution in [0.3, 0.4) is 0 Å². The SMILES string of the molecule is CCOC(=O)C1=C(C)NC2=C(C(=O)c3ccccc32)[C@@H]1c1cc(Br)c(OCC)c(OCC)c1. The minimum atomic E-state index is -0.619. The molecular weight excluding hydrogens is 486 g/mol. The van der Waals surface area contributed by atoms with Gasteiger partial charge in [-0.2, -0.15) is 0 Å². The van der Waals surface area contributed by atoms with E-state index in [9.17, 15) is 9.59 Å². The standard InChI is InChI=1S/C26H26BrNO5/c1-5-31-19-13-15(12-18(27)25(19)32-6-2)21-20(26(30)33-7-3)14(4)28-23-16-10-8-9-11-17(16)24(29)22(21)23/h8-13,21,28H,5-7H2,1-4H3/t21-/m1/s1. The predicted molar refractivity (Wildman–Crippen MR) is 129 cm³/mol. The number of carbonyl (C=O) groups excluding carboxylic acids is 2. The van der Waals surface area contributed by atoms with Gasteiger partial charge in [-0.1, -0.05) is 24.3 Å². The molecule has 172 valence electrons. The van der Waals surface area contributed by atoms with Crippen molar-refractivity contribution in [3.63, 3.8) is 0 Å². The molecule has 0 aromatic heterocycles. The molecule has 0 saturated carbocycles. The van der Waals surface area contributed by atoms with Crippen molar-refractivity contribution in [2.75, 3.05) is 19.8 Å². The van der Waals surface area contributed by atoms with E-state index in [-0.39, 0.29) is 12.4 Å². The Bertz CT molecular complexity index is 1200. The van der Waals surface area contributed by atoms with Crippen molar-refractivity contribution < 1.29 is 23.8 Å². The van der Waals surface area contributed by atoms with Crippen LogP contribution in [0.2, 0.25) is 0 Å². The molecule has 4 rings (SSSR count). The van der Waals surface area contributed by atoms with Gasteiger partial charge in [-0.05, 0) is 61.3 Å². The second-order valence-electron chi connectivity index (χ2n) is 7.68. The average Bonchev–Trinajstić information content (AvgIpc) is 3.07. The van der Waals surface area contributed by atoms with Crippen molar-refractivity contribution in [2.45, 2.75) is 33.6 Å². The van der Waals surface area contributed by atoms with E-state index in [2.05, 4.69) is 21.2 Å². The molecule has 2 aromatic rings. The number of esters is 1. The molecule has 1 aliphatic carbocycles. The van der Waals surface area contributed by atoms with E-state index in [0.29, 0.717) is 51.6 Å². The van der Waals surface area contributed by atoms with Crippen LogP contribution in [-0.4, -0.2) is 31.6 Å². The summed E-state index contributed by atoms with van der Waals surface area (Å²) in [6, 6.07) is 11.2. The number of hydrogen-bond donors (Lipinski definition) is 1. The van der Waals surface area contributed by atoms with Gasteiger partial charge >= 0.3 is 5.97 Å². The fourth-order valence-electron chi connectivity index (χ4n) is 4.44. The molecule has 0 radical (unpaired) electrons. The minimum Gasteiger partial charge on any atom is -0.490 e. The Morgan fingerprint density at radius 2 is 1.73 bits per heavy atom. The van der Waals surface area contributed by atoms with Gasteiger partial charge in [0.2, 0.25) is 0 Å². The van der Waals surface area contributed by atoms with Gasteiger partial charge in [0.25, 0.3) is 0 Å². The highest BCUT2D eigenvalue weighted by atomic mass is 79.9. The molecule has 2 aromatic carbocycles. The summed E-state index contributed by atoms with van der Waals surface area (Å²) in [5.74, 6) is -0.0357. The van der Waals surface area contributed by atoms with Crippen LogP contribution in [0.25, 0.3) is 5.70 Å². The lowest BCUT2D eigenvalue weighted by atomic mass is 9.79. The second-order valence-corrected chi connectivity index (χ2v) is 8.53. The number of fused-ring (bicyclic) bond motifs is 2. The Labute approximate surface area is 201 Å². The number of Topliss-reactive ketones (excluding diaryl/α,β-unsaturated/α-hetero) is 1. The van der Waals surface area contributed by atoms with Crippen LogP contribution < -0.4 is 14.8 Å². The van der Waals surface area contributed by atoms with Crippen LogP contribution in [-0.2, 0) is 9.53 Å². The topological polar surface area (TPSA) is 73.9 Å². The fraction of sp³-hybridized carbons (Fsp3) is 0.308. The van der Waals surface area contributed by atoms with Gasteiger partial charge in [0.1, 0.15) is 0 Å². The summed E-state index contributed by atoms with van der Waals surface area (Å²) < 4.78 is 17.7. The zero-order valence-corrected chi connectivity index (χ0v) is 20.7. The summed E-state index contributed by atoms with van der Waals surface area (Å²) in [4.78, 5) is 26.7. The zero-order valence-electron chi connectivity index (χ0n) is 19.1. The molecule has 0 fully saturated rings. The quantitative estimate of drug-likeness (QED) is 0.503. The Hall–Kier alpha value is -3.06. The Morgan fingerprint density at radius 3 is 2.39 bits per heavy atom. The first-order valence-corrected chi connectivity index (χ1v) is 11.8. The van der Waals surface area contributed by atoms with Crippen molar-refractivity contribution in [3.05, 3.63) is 74.4 Å². The van der Waals surface area contributed by atoms with Gasteiger partial charge in [0.15, 0.2) is 17.3 Å². The summed E-state index contributed by atoms with van der Waals surface area (Å²) >= 11 is 3.60. The van der Waals surface area contributed by atoms with Gasteiger partial charge < -0.3 is 19.5 Å². The van der Waals surface area contributed by atoms with Gasteiger partial charge in [-0.15, -0.1) is 0 Å². The summed E-state index contributed by atoms with van der Waals surface area (Å²) in [6.07, 6.45) is 0. The Kier molecular flexibility index (Phi) is 6.61. The summed E-state index contributed by atoms with van der Waals surface area (Å²) in [5, 5.41) is 3.31. The van der Waals surface area contributed by atoms with E-state index in [1.54, 1.807) is 6.92 Å². The molecule has 1 aliphatic heterocycles. The van der Waals surface area contributed by atoms with Crippen LogP contribution in [0, 0.1) is 0 Å². The maximum Gasteiger partial charge on any atom is 0.336 e. The van der Waals surface area contributed by atoms with Crippen LogP contribution >= 0.6 is 15.9 Å². The number of allylic oxidation sites excluding steroid dienone is 2. The van der Waals surface area contributed by atoms with Gasteiger partial charge in [-0.3, -0.25) is 4.79 Å². The van der Waals surface area contributed by atoms with Crippen LogP contribution in [0.4, 0.5) is 0 Å². The van der Waals surface area contributed by atoms with Crippen molar-refractivity contribution in [1.29, 1.82) is 0 Å². The zero-order chi connectivity index (χ0) is 23.7. The van der Waals surface area contributed by atoms with Crippen LogP contribution in [0.1, 0.15) is 55.1 Å². The number of ketones is 1. The maximum atomic E-state index is 13.6. The number of nitrogens with one attached hydrogen (secondary N) is 1. The molecule has 7 heteroatoms. The highest BCUT2D eigenvalue weighted by Crippen LogP contribution is 2.49. The number of hydrogen-bond acceptors (Lipinski definition) is 6. The Balaban J connectivity index is 1.95. The third-order valence-corrected chi connectivity index (χ3v) is 6.29. The van der Waals surface area contributed by atoms with E-state index in [4.69, 9.17) is 14.2 Å². The normalized spacial score (nSPS) is 16.9. The smallest absolute Gasteiger partial charge is 0.336 e. The van der Waals surface area contributed by atoms with Gasteiger partial charge in [0, 0.05) is 28.3 Å². The molecule has 0 bridgehead atoms.